The summed E-state index contributed by atoms with van der Waals surface area (Å²) < 4.78 is 6.27. The van der Waals surface area contributed by atoms with Gasteiger partial charge in [0, 0.05) is 25.6 Å². The van der Waals surface area contributed by atoms with Gasteiger partial charge in [-0.05, 0) is 30.7 Å². The molecule has 2 N–H and O–H groups in total. The van der Waals surface area contributed by atoms with Crippen molar-refractivity contribution in [2.75, 3.05) is 19.6 Å². The zero-order chi connectivity index (χ0) is 21.0. The van der Waals surface area contributed by atoms with E-state index in [4.69, 9.17) is 4.74 Å². The SMILES string of the molecule is O=C(CN1CCC2(CCC1=O)CNC(=O)c1ccccc1O2)NCc1ccccn1. The molecule has 1 unspecified atom stereocenters. The van der Waals surface area contributed by atoms with Crippen LogP contribution in [0.25, 0.3) is 0 Å². The van der Waals surface area contributed by atoms with E-state index in [1.807, 2.05) is 24.3 Å². The fraction of sp³-hybridized carbons (Fsp3) is 0.364. The normalized spacial score (nSPS) is 21.1. The summed E-state index contributed by atoms with van der Waals surface area (Å²) in [7, 11) is 0. The predicted molar refractivity (Wildman–Crippen MR) is 109 cm³/mol. The Balaban J connectivity index is 1.39. The van der Waals surface area contributed by atoms with Gasteiger partial charge in [-0.2, -0.15) is 0 Å². The van der Waals surface area contributed by atoms with Gasteiger partial charge in [0.1, 0.15) is 11.4 Å². The summed E-state index contributed by atoms with van der Waals surface area (Å²) in [4.78, 5) is 43.1. The molecule has 3 amide bonds. The van der Waals surface area contributed by atoms with E-state index in [2.05, 4.69) is 15.6 Å². The molecule has 1 aromatic carbocycles. The van der Waals surface area contributed by atoms with Crippen LogP contribution in [0.5, 0.6) is 5.75 Å². The molecule has 8 heteroatoms. The molecule has 2 aliphatic rings. The number of carbonyl (C=O) groups excluding carboxylic acids is 3. The van der Waals surface area contributed by atoms with Gasteiger partial charge in [-0.25, -0.2) is 0 Å². The van der Waals surface area contributed by atoms with Crippen LogP contribution in [0.4, 0.5) is 0 Å². The second-order valence-corrected chi connectivity index (χ2v) is 7.63. The molecule has 8 nitrogen and oxygen atoms in total. The van der Waals surface area contributed by atoms with Crippen LogP contribution >= 0.6 is 0 Å². The van der Waals surface area contributed by atoms with Crippen LogP contribution in [0, 0.1) is 0 Å². The number of pyridine rings is 1. The molecule has 0 bridgehead atoms. The Morgan fingerprint density at radius 3 is 2.83 bits per heavy atom. The maximum absolute atomic E-state index is 12.6. The van der Waals surface area contributed by atoms with Crippen LogP contribution in [0.2, 0.25) is 0 Å². The molecule has 0 radical (unpaired) electrons. The number of amides is 3. The molecule has 0 aliphatic carbocycles. The summed E-state index contributed by atoms with van der Waals surface area (Å²) in [6.07, 6.45) is 2.93. The summed E-state index contributed by atoms with van der Waals surface area (Å²) >= 11 is 0. The van der Waals surface area contributed by atoms with Crippen LogP contribution < -0.4 is 15.4 Å². The van der Waals surface area contributed by atoms with Crippen LogP contribution in [-0.2, 0) is 16.1 Å². The maximum Gasteiger partial charge on any atom is 0.255 e. The number of nitrogens with zero attached hydrogens (tertiary/aromatic N) is 2. The maximum atomic E-state index is 12.6. The van der Waals surface area contributed by atoms with Crippen molar-refractivity contribution in [3.63, 3.8) is 0 Å². The minimum Gasteiger partial charge on any atom is -0.485 e. The monoisotopic (exact) mass is 408 g/mol. The van der Waals surface area contributed by atoms with Crippen molar-refractivity contribution < 1.29 is 19.1 Å². The Morgan fingerprint density at radius 2 is 2.00 bits per heavy atom. The van der Waals surface area contributed by atoms with Gasteiger partial charge in [0.25, 0.3) is 5.91 Å². The molecule has 1 spiro atoms. The average Bonchev–Trinajstić information content (AvgIpc) is 3.01. The van der Waals surface area contributed by atoms with Crippen LogP contribution in [-0.4, -0.2) is 52.8 Å². The van der Waals surface area contributed by atoms with E-state index in [9.17, 15) is 14.4 Å². The lowest BCUT2D eigenvalue weighted by molar-refractivity contribution is -0.135. The minimum atomic E-state index is -0.670. The largest absolute Gasteiger partial charge is 0.485 e. The molecule has 3 heterocycles. The van der Waals surface area contributed by atoms with Gasteiger partial charge in [-0.3, -0.25) is 19.4 Å². The first-order valence-corrected chi connectivity index (χ1v) is 10.1. The van der Waals surface area contributed by atoms with E-state index in [0.29, 0.717) is 43.8 Å². The molecule has 4 rings (SSSR count). The molecule has 30 heavy (non-hydrogen) atoms. The Morgan fingerprint density at radius 1 is 1.17 bits per heavy atom. The molecule has 2 aromatic rings. The van der Waals surface area contributed by atoms with E-state index < -0.39 is 5.60 Å². The predicted octanol–water partition coefficient (Wildman–Crippen LogP) is 1.27. The number of hydrogen-bond acceptors (Lipinski definition) is 5. The number of likely N-dealkylation sites (tertiary alicyclic amines) is 1. The summed E-state index contributed by atoms with van der Waals surface area (Å²) in [6, 6.07) is 12.6. The quantitative estimate of drug-likeness (QED) is 0.794. The van der Waals surface area contributed by atoms with Gasteiger partial charge >= 0.3 is 0 Å². The van der Waals surface area contributed by atoms with Crippen LogP contribution in [0.3, 0.4) is 0 Å². The van der Waals surface area contributed by atoms with E-state index >= 15 is 0 Å². The summed E-state index contributed by atoms with van der Waals surface area (Å²) in [6.45, 7) is 1.02. The number of hydrogen-bond donors (Lipinski definition) is 2. The lowest BCUT2D eigenvalue weighted by Crippen LogP contribution is -2.46. The number of nitrogens with one attached hydrogen (secondary N) is 2. The van der Waals surface area contributed by atoms with E-state index in [0.717, 1.165) is 5.69 Å². The third-order valence-corrected chi connectivity index (χ3v) is 5.54. The van der Waals surface area contributed by atoms with Crippen LogP contribution in [0.1, 0.15) is 35.3 Å². The van der Waals surface area contributed by atoms with Gasteiger partial charge in [0.15, 0.2) is 0 Å². The van der Waals surface area contributed by atoms with Gasteiger partial charge in [-0.1, -0.05) is 18.2 Å². The molecule has 1 saturated heterocycles. The Hall–Kier alpha value is -3.42. The first kappa shape index (κ1) is 19.9. The molecule has 0 saturated carbocycles. The Kier molecular flexibility index (Phi) is 5.65. The zero-order valence-electron chi connectivity index (χ0n) is 16.6. The number of rotatable bonds is 4. The highest BCUT2D eigenvalue weighted by Crippen LogP contribution is 2.33. The fourth-order valence-electron chi connectivity index (χ4n) is 3.80. The van der Waals surface area contributed by atoms with Crippen LogP contribution in [0.15, 0.2) is 48.7 Å². The molecule has 1 fully saturated rings. The standard InChI is InChI=1S/C22H24N4O4/c27-19(24-13-16-5-3-4-11-23-16)14-26-12-10-22(9-8-20(26)28)15-25-21(29)17-6-1-2-7-18(17)30-22/h1-7,11H,8-10,12-15H2,(H,24,27)(H,25,29). The van der Waals surface area contributed by atoms with Gasteiger partial charge in [0.2, 0.25) is 11.8 Å². The van der Waals surface area contributed by atoms with Gasteiger partial charge < -0.3 is 20.3 Å². The number of benzene rings is 1. The van der Waals surface area contributed by atoms with E-state index in [1.54, 1.807) is 29.3 Å². The summed E-state index contributed by atoms with van der Waals surface area (Å²) in [5.74, 6) is 0.0306. The lowest BCUT2D eigenvalue weighted by atomic mass is 9.94. The number of carbonyl (C=O) groups is 3. The fourth-order valence-corrected chi connectivity index (χ4v) is 3.80. The highest BCUT2D eigenvalue weighted by molar-refractivity contribution is 5.97. The zero-order valence-corrected chi connectivity index (χ0v) is 16.6. The molecular formula is C22H24N4O4. The van der Waals surface area contributed by atoms with E-state index in [-0.39, 0.29) is 30.7 Å². The van der Waals surface area contributed by atoms with Gasteiger partial charge in [-0.15, -0.1) is 0 Å². The molecule has 2 aliphatic heterocycles. The van der Waals surface area contributed by atoms with E-state index in [1.165, 1.54) is 0 Å². The number of ether oxygens (including phenoxy) is 1. The second-order valence-electron chi connectivity index (χ2n) is 7.63. The third kappa shape index (κ3) is 4.42. The first-order chi connectivity index (χ1) is 14.5. The molecular weight excluding hydrogens is 384 g/mol. The van der Waals surface area contributed by atoms with Crippen molar-refractivity contribution in [2.24, 2.45) is 0 Å². The lowest BCUT2D eigenvalue weighted by Gasteiger charge is -2.32. The highest BCUT2D eigenvalue weighted by atomic mass is 16.5. The number of para-hydroxylation sites is 1. The molecule has 156 valence electrons. The summed E-state index contributed by atoms with van der Waals surface area (Å²) in [5.41, 5.74) is 0.584. The summed E-state index contributed by atoms with van der Waals surface area (Å²) in [5, 5.41) is 5.72. The van der Waals surface area contributed by atoms with Gasteiger partial charge in [0.05, 0.1) is 30.9 Å². The average molecular weight is 408 g/mol. The Labute approximate surface area is 174 Å². The topological polar surface area (TPSA) is 101 Å². The van der Waals surface area contributed by atoms with Crippen molar-refractivity contribution >= 4 is 17.7 Å². The van der Waals surface area contributed by atoms with Crippen molar-refractivity contribution in [2.45, 2.75) is 31.4 Å². The van der Waals surface area contributed by atoms with Crippen molar-refractivity contribution in [3.8, 4) is 5.75 Å². The first-order valence-electron chi connectivity index (χ1n) is 10.1. The highest BCUT2D eigenvalue weighted by Gasteiger charge is 2.40. The molecule has 1 atom stereocenters. The van der Waals surface area contributed by atoms with Crippen molar-refractivity contribution in [3.05, 3.63) is 59.9 Å². The Bertz CT molecular complexity index is 949. The number of aromatic nitrogens is 1. The smallest absolute Gasteiger partial charge is 0.255 e. The number of fused-ring (bicyclic) bond motifs is 1. The minimum absolute atomic E-state index is 0.00923. The molecule has 1 aromatic heterocycles. The third-order valence-electron chi connectivity index (χ3n) is 5.54. The van der Waals surface area contributed by atoms with Crippen molar-refractivity contribution in [1.29, 1.82) is 0 Å². The second kappa shape index (κ2) is 8.52. The van der Waals surface area contributed by atoms with Crippen molar-refractivity contribution in [1.82, 2.24) is 20.5 Å².